The van der Waals surface area contributed by atoms with Gasteiger partial charge in [0.25, 0.3) is 0 Å². The Labute approximate surface area is 235 Å². The van der Waals surface area contributed by atoms with Gasteiger partial charge < -0.3 is 54.8 Å². The van der Waals surface area contributed by atoms with E-state index in [1.54, 1.807) is 0 Å². The van der Waals surface area contributed by atoms with Crippen LogP contribution in [-0.2, 0) is 0 Å². The highest BCUT2D eigenvalue weighted by Gasteiger charge is 2.10. The van der Waals surface area contributed by atoms with Crippen LogP contribution < -0.4 is 54.8 Å². The zero-order valence-corrected chi connectivity index (χ0v) is 25.5. The summed E-state index contributed by atoms with van der Waals surface area (Å²) in [6, 6.07) is 1.47. The lowest BCUT2D eigenvalue weighted by Gasteiger charge is -2.22. The molecule has 0 aliphatic rings. The van der Waals surface area contributed by atoms with Gasteiger partial charge in [-0.05, 0) is 138 Å². The van der Waals surface area contributed by atoms with Gasteiger partial charge in [0.2, 0.25) is 0 Å². The summed E-state index contributed by atoms with van der Waals surface area (Å²) in [7, 11) is 0. The smallest absolute Gasteiger partial charge is 0.0572 e. The van der Waals surface area contributed by atoms with E-state index in [2.05, 4.69) is 59.6 Å². The molecule has 0 aliphatic heterocycles. The Bertz CT molecular complexity index is 435. The minimum atomic E-state index is 0.229. The molecule has 6 atom stereocenters. The van der Waals surface area contributed by atoms with E-state index in [4.69, 9.17) is 22.9 Å². The first-order valence-electron chi connectivity index (χ1n) is 15.5. The molecule has 0 aromatic heterocycles. The molecule has 10 heteroatoms. The summed E-state index contributed by atoms with van der Waals surface area (Å²) in [5, 5.41) is 21.8. The molecule has 0 spiro atoms. The van der Waals surface area contributed by atoms with Crippen molar-refractivity contribution in [3.63, 3.8) is 0 Å². The fourth-order valence-corrected chi connectivity index (χ4v) is 4.13. The zero-order valence-electron chi connectivity index (χ0n) is 25.5. The maximum absolute atomic E-state index is 5.94. The third-order valence-corrected chi connectivity index (χ3v) is 6.64. The highest BCUT2D eigenvalue weighted by Crippen LogP contribution is 1.99. The first-order valence-corrected chi connectivity index (χ1v) is 15.5. The van der Waals surface area contributed by atoms with Crippen LogP contribution in [0.25, 0.3) is 0 Å². The average Bonchev–Trinajstić information content (AvgIpc) is 2.83. The van der Waals surface area contributed by atoms with Crippen LogP contribution in [0, 0.1) is 0 Å². The monoisotopic (exact) mass is 545 g/mol. The first kappa shape index (κ1) is 37.6. The molecule has 0 rings (SSSR count). The van der Waals surface area contributed by atoms with Crippen LogP contribution in [0.1, 0.15) is 85.5 Å². The van der Waals surface area contributed by atoms with Crippen molar-refractivity contribution in [2.45, 2.75) is 122 Å². The number of nitrogens with two attached hydrogens (primary N) is 4. The lowest BCUT2D eigenvalue weighted by molar-refractivity contribution is 0.374. The van der Waals surface area contributed by atoms with Crippen LogP contribution in [0.15, 0.2) is 0 Å². The molecule has 6 unspecified atom stereocenters. The van der Waals surface area contributed by atoms with Crippen molar-refractivity contribution in [2.24, 2.45) is 22.9 Å². The van der Waals surface area contributed by atoms with Crippen LogP contribution in [0.5, 0.6) is 0 Å². The van der Waals surface area contributed by atoms with Crippen LogP contribution in [0.2, 0.25) is 0 Å². The molecule has 0 radical (unpaired) electrons. The maximum Gasteiger partial charge on any atom is 0.0572 e. The Morgan fingerprint density at radius 3 is 1.42 bits per heavy atom. The van der Waals surface area contributed by atoms with E-state index in [0.29, 0.717) is 12.2 Å². The highest BCUT2D eigenvalue weighted by molar-refractivity contribution is 4.73. The molecule has 0 heterocycles. The Hall–Kier alpha value is -0.400. The van der Waals surface area contributed by atoms with Crippen molar-refractivity contribution in [3.05, 3.63) is 0 Å². The van der Waals surface area contributed by atoms with Crippen molar-refractivity contribution >= 4 is 0 Å². The molecule has 0 saturated heterocycles. The van der Waals surface area contributed by atoms with Crippen molar-refractivity contribution in [1.29, 1.82) is 0 Å². The van der Waals surface area contributed by atoms with E-state index in [0.717, 1.165) is 117 Å². The van der Waals surface area contributed by atoms with Gasteiger partial charge in [-0.25, -0.2) is 0 Å². The van der Waals surface area contributed by atoms with Crippen LogP contribution in [0.4, 0.5) is 0 Å². The second-order valence-corrected chi connectivity index (χ2v) is 11.5. The molecule has 0 amide bonds. The van der Waals surface area contributed by atoms with E-state index in [1.807, 2.05) is 0 Å². The van der Waals surface area contributed by atoms with E-state index in [9.17, 15) is 0 Å². The Kier molecular flexibility index (Phi) is 26.5. The number of hydrogen-bond donors (Lipinski definition) is 10. The predicted molar refractivity (Wildman–Crippen MR) is 166 cm³/mol. The minimum Gasteiger partial charge on any atom is -0.328 e. The normalized spacial score (nSPS) is 16.7. The SMILES string of the molecule is CC(N)CCNCCCC(CNCCCNC(CCCNCCC(C)N)NCCC(C)N)NCCC(C)N. The topological polar surface area (TPSA) is 176 Å². The van der Waals surface area contributed by atoms with Crippen LogP contribution >= 0.6 is 0 Å². The molecule has 0 saturated carbocycles. The predicted octanol–water partition coefficient (Wildman–Crippen LogP) is 0.118. The highest BCUT2D eigenvalue weighted by atomic mass is 15.1. The van der Waals surface area contributed by atoms with Gasteiger partial charge in [0.1, 0.15) is 0 Å². The quantitative estimate of drug-likeness (QED) is 0.0459. The number of hydrogen-bond acceptors (Lipinski definition) is 10. The number of nitrogens with one attached hydrogen (secondary N) is 6. The standard InChI is InChI=1S/C28H68N10/c1-23(29)10-18-33-14-5-8-27(36-20-12-25(3)31)22-35-16-7-17-37-28(38-21-13-26(4)32)9-6-15-34-19-11-24(2)30/h23-28,33-38H,5-22,29-32H2,1-4H3. The summed E-state index contributed by atoms with van der Waals surface area (Å²) in [6.07, 6.45) is 10.0. The van der Waals surface area contributed by atoms with Crippen molar-refractivity contribution < 1.29 is 0 Å². The number of rotatable bonds is 29. The van der Waals surface area contributed by atoms with Crippen molar-refractivity contribution in [3.8, 4) is 0 Å². The van der Waals surface area contributed by atoms with Crippen LogP contribution in [0.3, 0.4) is 0 Å². The van der Waals surface area contributed by atoms with E-state index >= 15 is 0 Å². The Morgan fingerprint density at radius 2 is 0.868 bits per heavy atom. The molecule has 0 aliphatic carbocycles. The van der Waals surface area contributed by atoms with E-state index in [-0.39, 0.29) is 24.2 Å². The molecule has 230 valence electrons. The molecule has 0 aromatic carbocycles. The molecule has 10 nitrogen and oxygen atoms in total. The molecule has 0 bridgehead atoms. The molecular weight excluding hydrogens is 476 g/mol. The van der Waals surface area contributed by atoms with Gasteiger partial charge in [-0.3, -0.25) is 0 Å². The molecule has 0 fully saturated rings. The van der Waals surface area contributed by atoms with E-state index in [1.165, 1.54) is 0 Å². The lowest BCUT2D eigenvalue weighted by atomic mass is 10.1. The maximum atomic E-state index is 5.94. The van der Waals surface area contributed by atoms with Gasteiger partial charge >= 0.3 is 0 Å². The van der Waals surface area contributed by atoms with Crippen molar-refractivity contribution in [1.82, 2.24) is 31.9 Å². The second-order valence-electron chi connectivity index (χ2n) is 11.5. The van der Waals surface area contributed by atoms with Gasteiger partial charge in [0, 0.05) is 36.8 Å². The summed E-state index contributed by atoms with van der Waals surface area (Å²) in [4.78, 5) is 0. The lowest BCUT2D eigenvalue weighted by Crippen LogP contribution is -2.45. The van der Waals surface area contributed by atoms with Gasteiger partial charge in [-0.1, -0.05) is 0 Å². The summed E-state index contributed by atoms with van der Waals surface area (Å²) < 4.78 is 0. The Morgan fingerprint density at radius 1 is 0.421 bits per heavy atom. The fraction of sp³-hybridized carbons (Fsp3) is 1.00. The largest absolute Gasteiger partial charge is 0.328 e. The molecule has 38 heavy (non-hydrogen) atoms. The third kappa shape index (κ3) is 28.6. The molecule has 14 N–H and O–H groups in total. The minimum absolute atomic E-state index is 0.229. The zero-order chi connectivity index (χ0) is 28.4. The molecule has 0 aromatic rings. The summed E-state index contributed by atoms with van der Waals surface area (Å²) in [6.45, 7) is 17.2. The summed E-state index contributed by atoms with van der Waals surface area (Å²) in [5.41, 5.74) is 23.5. The Balaban J connectivity index is 4.21. The second kappa shape index (κ2) is 26.8. The van der Waals surface area contributed by atoms with E-state index < -0.39 is 0 Å². The van der Waals surface area contributed by atoms with Crippen LogP contribution in [-0.4, -0.2) is 95.3 Å². The van der Waals surface area contributed by atoms with Gasteiger partial charge in [-0.15, -0.1) is 0 Å². The molecular formula is C28H68N10. The average molecular weight is 545 g/mol. The van der Waals surface area contributed by atoms with Gasteiger partial charge in [0.05, 0.1) is 6.17 Å². The third-order valence-electron chi connectivity index (χ3n) is 6.64. The van der Waals surface area contributed by atoms with Gasteiger partial charge in [-0.2, -0.15) is 0 Å². The first-order chi connectivity index (χ1) is 18.2. The summed E-state index contributed by atoms with van der Waals surface area (Å²) in [5.74, 6) is 0. The summed E-state index contributed by atoms with van der Waals surface area (Å²) >= 11 is 0. The van der Waals surface area contributed by atoms with Gasteiger partial charge in [0.15, 0.2) is 0 Å². The fourth-order valence-electron chi connectivity index (χ4n) is 4.13. The van der Waals surface area contributed by atoms with Crippen molar-refractivity contribution in [2.75, 3.05) is 58.9 Å².